The van der Waals surface area contributed by atoms with Crippen molar-refractivity contribution in [3.8, 4) is 5.75 Å². The fourth-order valence-electron chi connectivity index (χ4n) is 2.33. The highest BCUT2D eigenvalue weighted by Crippen LogP contribution is 2.20. The van der Waals surface area contributed by atoms with E-state index in [-0.39, 0.29) is 23.7 Å². The second-order valence-corrected chi connectivity index (χ2v) is 5.09. The number of aromatic hydroxyl groups is 1. The van der Waals surface area contributed by atoms with Crippen molar-refractivity contribution < 1.29 is 15.0 Å². The van der Waals surface area contributed by atoms with E-state index in [1.54, 1.807) is 18.3 Å². The van der Waals surface area contributed by atoms with Crippen molar-refractivity contribution >= 4 is 22.8 Å². The highest BCUT2D eigenvalue weighted by atomic mass is 16.3. The Morgan fingerprint density at radius 1 is 1.09 bits per heavy atom. The number of allylic oxidation sites excluding steroid dienone is 1. The summed E-state index contributed by atoms with van der Waals surface area (Å²) in [5, 5.41) is 20.2. The van der Waals surface area contributed by atoms with Crippen molar-refractivity contribution in [2.24, 2.45) is 0 Å². The van der Waals surface area contributed by atoms with E-state index < -0.39 is 0 Å². The molecule has 3 rings (SSSR count). The summed E-state index contributed by atoms with van der Waals surface area (Å²) in [7, 11) is 0. The molecule has 0 spiro atoms. The fourth-order valence-corrected chi connectivity index (χ4v) is 2.33. The zero-order valence-electron chi connectivity index (χ0n) is 11.8. The SMILES string of the molecule is O=C(Cc1ccc(O)cc1)/C(O)=C/c1c[nH]c2ccccc12. The number of aromatic nitrogens is 1. The van der Waals surface area contributed by atoms with Gasteiger partial charge in [0.2, 0.25) is 5.78 Å². The maximum atomic E-state index is 12.1. The maximum Gasteiger partial charge on any atom is 0.201 e. The third kappa shape index (κ3) is 2.86. The Labute approximate surface area is 127 Å². The Morgan fingerprint density at radius 2 is 1.82 bits per heavy atom. The summed E-state index contributed by atoms with van der Waals surface area (Å²) in [5.74, 6) is -0.497. The van der Waals surface area contributed by atoms with Gasteiger partial charge in [0.15, 0.2) is 5.76 Å². The van der Waals surface area contributed by atoms with Gasteiger partial charge in [-0.05, 0) is 29.8 Å². The van der Waals surface area contributed by atoms with Crippen LogP contribution in [-0.4, -0.2) is 21.0 Å². The van der Waals surface area contributed by atoms with E-state index in [1.807, 2.05) is 24.3 Å². The molecule has 1 heterocycles. The van der Waals surface area contributed by atoms with Crippen LogP contribution in [0.3, 0.4) is 0 Å². The molecule has 4 nitrogen and oxygen atoms in total. The average Bonchev–Trinajstić information content (AvgIpc) is 2.93. The molecule has 110 valence electrons. The number of aromatic amines is 1. The Morgan fingerprint density at radius 3 is 2.59 bits per heavy atom. The van der Waals surface area contributed by atoms with Gasteiger partial charge in [0.1, 0.15) is 5.75 Å². The number of hydrogen-bond donors (Lipinski definition) is 3. The van der Waals surface area contributed by atoms with Gasteiger partial charge in [-0.3, -0.25) is 4.79 Å². The zero-order valence-corrected chi connectivity index (χ0v) is 11.8. The van der Waals surface area contributed by atoms with Crippen LogP contribution in [0.1, 0.15) is 11.1 Å². The van der Waals surface area contributed by atoms with Crippen molar-refractivity contribution in [1.29, 1.82) is 0 Å². The van der Waals surface area contributed by atoms with Gasteiger partial charge in [-0.25, -0.2) is 0 Å². The van der Waals surface area contributed by atoms with Crippen molar-refractivity contribution in [1.82, 2.24) is 4.98 Å². The summed E-state index contributed by atoms with van der Waals surface area (Å²) >= 11 is 0. The predicted molar refractivity (Wildman–Crippen MR) is 85.7 cm³/mol. The molecule has 0 aliphatic carbocycles. The van der Waals surface area contributed by atoms with Crippen LogP contribution in [0.2, 0.25) is 0 Å². The summed E-state index contributed by atoms with van der Waals surface area (Å²) in [5.41, 5.74) is 2.46. The topological polar surface area (TPSA) is 73.3 Å². The monoisotopic (exact) mass is 293 g/mol. The lowest BCUT2D eigenvalue weighted by atomic mass is 10.1. The highest BCUT2D eigenvalue weighted by Gasteiger charge is 2.10. The Kier molecular flexibility index (Phi) is 3.66. The molecule has 4 heteroatoms. The van der Waals surface area contributed by atoms with Gasteiger partial charge in [0.25, 0.3) is 0 Å². The van der Waals surface area contributed by atoms with E-state index in [0.717, 1.165) is 22.0 Å². The zero-order chi connectivity index (χ0) is 15.5. The van der Waals surface area contributed by atoms with E-state index in [9.17, 15) is 15.0 Å². The van der Waals surface area contributed by atoms with Crippen LogP contribution in [0.4, 0.5) is 0 Å². The normalized spacial score (nSPS) is 11.7. The number of ketones is 1. The van der Waals surface area contributed by atoms with Crippen LogP contribution in [0.15, 0.2) is 60.5 Å². The Hall–Kier alpha value is -3.01. The van der Waals surface area contributed by atoms with E-state index in [0.29, 0.717) is 0 Å². The summed E-state index contributed by atoms with van der Waals surface area (Å²) in [6.45, 7) is 0. The van der Waals surface area contributed by atoms with E-state index in [4.69, 9.17) is 0 Å². The first-order valence-corrected chi connectivity index (χ1v) is 6.91. The van der Waals surface area contributed by atoms with Crippen molar-refractivity contribution in [2.75, 3.05) is 0 Å². The molecule has 0 unspecified atom stereocenters. The quantitative estimate of drug-likeness (QED) is 0.508. The summed E-state index contributed by atoms with van der Waals surface area (Å²) in [6.07, 6.45) is 3.32. The number of benzene rings is 2. The van der Waals surface area contributed by atoms with Crippen LogP contribution >= 0.6 is 0 Å². The van der Waals surface area contributed by atoms with Gasteiger partial charge in [-0.2, -0.15) is 0 Å². The predicted octanol–water partition coefficient (Wildman–Crippen LogP) is 3.58. The molecule has 0 saturated carbocycles. The van der Waals surface area contributed by atoms with Crippen molar-refractivity contribution in [3.05, 3.63) is 71.6 Å². The lowest BCUT2D eigenvalue weighted by Gasteiger charge is -2.01. The first-order valence-electron chi connectivity index (χ1n) is 6.91. The molecule has 0 bridgehead atoms. The molecule has 0 radical (unpaired) electrons. The van der Waals surface area contributed by atoms with E-state index in [2.05, 4.69) is 4.98 Å². The first kappa shape index (κ1) is 13.9. The molecule has 22 heavy (non-hydrogen) atoms. The number of aliphatic hydroxyl groups is 1. The minimum Gasteiger partial charge on any atom is -0.508 e. The maximum absolute atomic E-state index is 12.1. The number of hydrogen-bond acceptors (Lipinski definition) is 3. The van der Waals surface area contributed by atoms with Crippen LogP contribution in [0.25, 0.3) is 17.0 Å². The number of carbonyl (C=O) groups excluding carboxylic acids is 1. The molecule has 0 aliphatic rings. The van der Waals surface area contributed by atoms with Gasteiger partial charge in [-0.15, -0.1) is 0 Å². The van der Waals surface area contributed by atoms with Crippen molar-refractivity contribution in [2.45, 2.75) is 6.42 Å². The van der Waals surface area contributed by atoms with Gasteiger partial charge in [-0.1, -0.05) is 30.3 Å². The third-order valence-electron chi connectivity index (χ3n) is 3.50. The number of fused-ring (bicyclic) bond motifs is 1. The molecule has 0 saturated heterocycles. The first-order chi connectivity index (χ1) is 10.6. The Balaban J connectivity index is 1.81. The molecule has 3 N–H and O–H groups in total. The van der Waals surface area contributed by atoms with E-state index in [1.165, 1.54) is 18.2 Å². The van der Waals surface area contributed by atoms with Gasteiger partial charge < -0.3 is 15.2 Å². The standard InChI is InChI=1S/C18H15NO3/c20-14-7-5-12(6-8-14)9-17(21)18(22)10-13-11-19-16-4-2-1-3-15(13)16/h1-8,10-11,19-20,22H,9H2/b18-10-. The second kappa shape index (κ2) is 5.77. The van der Waals surface area contributed by atoms with Gasteiger partial charge >= 0.3 is 0 Å². The van der Waals surface area contributed by atoms with Crippen LogP contribution < -0.4 is 0 Å². The summed E-state index contributed by atoms with van der Waals surface area (Å²) in [4.78, 5) is 15.2. The molecular weight excluding hydrogens is 278 g/mol. The molecule has 0 amide bonds. The fraction of sp³-hybridized carbons (Fsp3) is 0.0556. The van der Waals surface area contributed by atoms with Crippen LogP contribution in [0, 0.1) is 0 Å². The summed E-state index contributed by atoms with van der Waals surface area (Å²) < 4.78 is 0. The molecule has 0 fully saturated rings. The molecule has 0 atom stereocenters. The smallest absolute Gasteiger partial charge is 0.201 e. The number of nitrogens with one attached hydrogen (secondary N) is 1. The molecule has 0 aliphatic heterocycles. The molecule has 2 aromatic carbocycles. The number of phenolic OH excluding ortho intramolecular Hbond substituents is 1. The number of para-hydroxylation sites is 1. The van der Waals surface area contributed by atoms with Gasteiger partial charge in [0.05, 0.1) is 0 Å². The van der Waals surface area contributed by atoms with E-state index >= 15 is 0 Å². The minimum atomic E-state index is -0.365. The van der Waals surface area contributed by atoms with Crippen LogP contribution in [0.5, 0.6) is 5.75 Å². The molecule has 3 aromatic rings. The molecule has 1 aromatic heterocycles. The number of carbonyl (C=O) groups is 1. The largest absolute Gasteiger partial charge is 0.508 e. The third-order valence-corrected chi connectivity index (χ3v) is 3.50. The lowest BCUT2D eigenvalue weighted by Crippen LogP contribution is -2.05. The average molecular weight is 293 g/mol. The number of rotatable bonds is 4. The van der Waals surface area contributed by atoms with Crippen LogP contribution in [-0.2, 0) is 11.2 Å². The minimum absolute atomic E-state index is 0.0883. The molecular formula is C18H15NO3. The number of aliphatic hydroxyl groups excluding tert-OH is 1. The number of Topliss-reactive ketones (excluding diaryl/α,β-unsaturated/α-hetero) is 1. The number of H-pyrrole nitrogens is 1. The lowest BCUT2D eigenvalue weighted by molar-refractivity contribution is -0.117. The summed E-state index contributed by atoms with van der Waals surface area (Å²) in [6, 6.07) is 14.0. The van der Waals surface area contributed by atoms with Gasteiger partial charge in [0, 0.05) is 29.1 Å². The van der Waals surface area contributed by atoms with Crippen molar-refractivity contribution in [3.63, 3.8) is 0 Å². The second-order valence-electron chi connectivity index (χ2n) is 5.09. The highest BCUT2D eigenvalue weighted by molar-refractivity contribution is 6.00. The number of phenols is 1. The Bertz CT molecular complexity index is 844.